The van der Waals surface area contributed by atoms with Crippen LogP contribution in [-0.4, -0.2) is 42.6 Å². The maximum absolute atomic E-state index is 14.3. The molecule has 4 aromatic heterocycles. The highest BCUT2D eigenvalue weighted by molar-refractivity contribution is 5.78. The lowest BCUT2D eigenvalue weighted by Crippen LogP contribution is -2.18. The Morgan fingerprint density at radius 1 is 1.07 bits per heavy atom. The van der Waals surface area contributed by atoms with E-state index in [1.807, 2.05) is 24.4 Å². The Morgan fingerprint density at radius 3 is 2.76 bits per heavy atom. The summed E-state index contributed by atoms with van der Waals surface area (Å²) in [6, 6.07) is 9.24. The topological polar surface area (TPSA) is 71.2 Å². The second-order valence-corrected chi connectivity index (χ2v) is 7.10. The van der Waals surface area contributed by atoms with Crippen LogP contribution in [0.4, 0.5) is 15.9 Å². The van der Waals surface area contributed by atoms with Gasteiger partial charge < -0.3 is 5.32 Å². The Bertz CT molecular complexity index is 1140. The fraction of sp³-hybridized carbons (Fsp3) is 0.238. The minimum absolute atomic E-state index is 0.320. The van der Waals surface area contributed by atoms with Crippen molar-refractivity contribution in [3.8, 4) is 11.5 Å². The number of halogens is 1. The summed E-state index contributed by atoms with van der Waals surface area (Å²) in [6.07, 6.45) is 8.80. The van der Waals surface area contributed by atoms with E-state index >= 15 is 0 Å². The minimum Gasteiger partial charge on any atom is -0.336 e. The molecular weight excluding hydrogens is 369 g/mol. The molecule has 4 aromatic rings. The van der Waals surface area contributed by atoms with Gasteiger partial charge in [0.25, 0.3) is 0 Å². The zero-order chi connectivity index (χ0) is 19.6. The molecule has 1 aliphatic heterocycles. The standard InChI is InChI=1S/C21H20FN7/c22-16-13-23-9-6-17(16)25-21-19-15(14-28-10-3-4-11-28)7-12-29(19)27-20(26-21)18-5-1-2-8-24-18/h1-2,5-9,12-13H,3-4,10-11,14H2,(H,23,25,26,27). The average Bonchev–Trinajstić information content (AvgIpc) is 3.41. The van der Waals surface area contributed by atoms with Crippen molar-refractivity contribution < 1.29 is 4.39 Å². The molecule has 0 unspecified atom stereocenters. The number of fused-ring (bicyclic) bond motifs is 1. The van der Waals surface area contributed by atoms with E-state index in [4.69, 9.17) is 4.98 Å². The molecule has 0 radical (unpaired) electrons. The Morgan fingerprint density at radius 2 is 1.97 bits per heavy atom. The number of pyridine rings is 2. The Hall–Kier alpha value is -3.39. The first kappa shape index (κ1) is 17.7. The molecule has 1 N–H and O–H groups in total. The number of anilines is 2. The highest BCUT2D eigenvalue weighted by Gasteiger charge is 2.19. The lowest BCUT2D eigenvalue weighted by Gasteiger charge is -2.15. The number of nitrogens with one attached hydrogen (secondary N) is 1. The van der Waals surface area contributed by atoms with Crippen LogP contribution in [0.5, 0.6) is 0 Å². The molecule has 0 atom stereocenters. The molecule has 0 saturated carbocycles. The molecule has 0 amide bonds. The minimum atomic E-state index is -0.434. The number of nitrogens with zero attached hydrogens (tertiary/aromatic N) is 6. The lowest BCUT2D eigenvalue weighted by atomic mass is 10.2. The van der Waals surface area contributed by atoms with Crippen molar-refractivity contribution in [1.82, 2.24) is 29.5 Å². The van der Waals surface area contributed by atoms with Crippen molar-refractivity contribution in [2.75, 3.05) is 18.4 Å². The van der Waals surface area contributed by atoms with Crippen molar-refractivity contribution >= 4 is 17.0 Å². The molecule has 29 heavy (non-hydrogen) atoms. The van der Waals surface area contributed by atoms with Gasteiger partial charge in [-0.2, -0.15) is 0 Å². The highest BCUT2D eigenvalue weighted by Crippen LogP contribution is 2.28. The molecular formula is C21H20FN7. The van der Waals surface area contributed by atoms with E-state index in [0.29, 0.717) is 23.0 Å². The lowest BCUT2D eigenvalue weighted by molar-refractivity contribution is 0.332. The summed E-state index contributed by atoms with van der Waals surface area (Å²) in [5.74, 6) is 0.583. The summed E-state index contributed by atoms with van der Waals surface area (Å²) < 4.78 is 16.1. The van der Waals surface area contributed by atoms with Gasteiger partial charge in [-0.3, -0.25) is 14.9 Å². The molecule has 1 fully saturated rings. The molecule has 0 aliphatic carbocycles. The molecule has 5 rings (SSSR count). The van der Waals surface area contributed by atoms with Crippen LogP contribution in [0.3, 0.4) is 0 Å². The second kappa shape index (κ2) is 7.56. The van der Waals surface area contributed by atoms with Crippen molar-refractivity contribution in [1.29, 1.82) is 0 Å². The van der Waals surface area contributed by atoms with Gasteiger partial charge in [0, 0.05) is 25.1 Å². The van der Waals surface area contributed by atoms with Gasteiger partial charge >= 0.3 is 0 Å². The van der Waals surface area contributed by atoms with Gasteiger partial charge in [0.2, 0.25) is 5.82 Å². The molecule has 5 heterocycles. The fourth-order valence-electron chi connectivity index (χ4n) is 3.69. The van der Waals surface area contributed by atoms with E-state index in [0.717, 1.165) is 30.7 Å². The number of aromatic nitrogens is 5. The first-order chi connectivity index (χ1) is 14.3. The first-order valence-electron chi connectivity index (χ1n) is 9.66. The zero-order valence-electron chi connectivity index (χ0n) is 15.8. The molecule has 8 heteroatoms. The van der Waals surface area contributed by atoms with E-state index < -0.39 is 5.82 Å². The molecule has 0 bridgehead atoms. The normalized spacial score (nSPS) is 14.5. The summed E-state index contributed by atoms with van der Waals surface area (Å²) >= 11 is 0. The molecule has 146 valence electrons. The van der Waals surface area contributed by atoms with Gasteiger partial charge in [-0.1, -0.05) is 6.07 Å². The second-order valence-electron chi connectivity index (χ2n) is 7.10. The Labute approximate surface area is 167 Å². The first-order valence-corrected chi connectivity index (χ1v) is 9.66. The summed E-state index contributed by atoms with van der Waals surface area (Å²) in [4.78, 5) is 15.3. The quantitative estimate of drug-likeness (QED) is 0.562. The van der Waals surface area contributed by atoms with Gasteiger partial charge in [-0.05, 0) is 55.8 Å². The zero-order valence-corrected chi connectivity index (χ0v) is 15.8. The van der Waals surface area contributed by atoms with Crippen molar-refractivity contribution in [3.05, 3.63) is 66.5 Å². The van der Waals surface area contributed by atoms with E-state index in [1.165, 1.54) is 19.0 Å². The van der Waals surface area contributed by atoms with Gasteiger partial charge in [-0.15, -0.1) is 5.10 Å². The monoisotopic (exact) mass is 389 g/mol. The highest BCUT2D eigenvalue weighted by atomic mass is 19.1. The largest absolute Gasteiger partial charge is 0.336 e. The van der Waals surface area contributed by atoms with E-state index in [-0.39, 0.29) is 0 Å². The van der Waals surface area contributed by atoms with Crippen molar-refractivity contribution in [2.45, 2.75) is 19.4 Å². The van der Waals surface area contributed by atoms with Crippen molar-refractivity contribution in [3.63, 3.8) is 0 Å². The van der Waals surface area contributed by atoms with Crippen LogP contribution in [0.25, 0.3) is 17.0 Å². The maximum Gasteiger partial charge on any atom is 0.200 e. The van der Waals surface area contributed by atoms with Crippen LogP contribution < -0.4 is 5.32 Å². The van der Waals surface area contributed by atoms with Gasteiger partial charge in [0.1, 0.15) is 11.2 Å². The number of rotatable bonds is 5. The third-order valence-corrected chi connectivity index (χ3v) is 5.11. The SMILES string of the molecule is Fc1cnccc1Nc1nc(-c2ccccn2)nn2ccc(CN3CCCC3)c12. The maximum atomic E-state index is 14.3. The fourth-order valence-corrected chi connectivity index (χ4v) is 3.69. The number of hydrogen-bond donors (Lipinski definition) is 1. The molecule has 0 spiro atoms. The Balaban J connectivity index is 1.63. The molecule has 0 aromatic carbocycles. The molecule has 7 nitrogen and oxygen atoms in total. The molecule has 1 saturated heterocycles. The summed E-state index contributed by atoms with van der Waals surface area (Å²) in [5, 5.41) is 7.79. The average molecular weight is 389 g/mol. The van der Waals surface area contributed by atoms with Gasteiger partial charge in [0.15, 0.2) is 11.6 Å². The van der Waals surface area contributed by atoms with Crippen LogP contribution in [0.15, 0.2) is 55.1 Å². The van der Waals surface area contributed by atoms with E-state index in [1.54, 1.807) is 23.0 Å². The predicted molar refractivity (Wildman–Crippen MR) is 108 cm³/mol. The smallest absolute Gasteiger partial charge is 0.200 e. The number of likely N-dealkylation sites (tertiary alicyclic amines) is 1. The van der Waals surface area contributed by atoms with E-state index in [9.17, 15) is 4.39 Å². The van der Waals surface area contributed by atoms with Crippen LogP contribution in [-0.2, 0) is 6.54 Å². The predicted octanol–water partition coefficient (Wildman–Crippen LogP) is 3.66. The van der Waals surface area contributed by atoms with Crippen LogP contribution in [0, 0.1) is 5.82 Å². The van der Waals surface area contributed by atoms with Crippen molar-refractivity contribution in [2.24, 2.45) is 0 Å². The molecule has 1 aliphatic rings. The third kappa shape index (κ3) is 3.54. The van der Waals surface area contributed by atoms with Gasteiger partial charge in [0.05, 0.1) is 11.9 Å². The third-order valence-electron chi connectivity index (χ3n) is 5.11. The van der Waals surface area contributed by atoms with Crippen LogP contribution >= 0.6 is 0 Å². The van der Waals surface area contributed by atoms with Crippen LogP contribution in [0.1, 0.15) is 18.4 Å². The van der Waals surface area contributed by atoms with E-state index in [2.05, 4.69) is 31.3 Å². The number of hydrogen-bond acceptors (Lipinski definition) is 6. The van der Waals surface area contributed by atoms with Gasteiger partial charge in [-0.25, -0.2) is 13.9 Å². The summed E-state index contributed by atoms with van der Waals surface area (Å²) in [6.45, 7) is 2.99. The summed E-state index contributed by atoms with van der Waals surface area (Å²) in [5.41, 5.74) is 2.92. The van der Waals surface area contributed by atoms with Crippen LogP contribution in [0.2, 0.25) is 0 Å². The Kier molecular flexibility index (Phi) is 4.61. The summed E-state index contributed by atoms with van der Waals surface area (Å²) in [7, 11) is 0.